The minimum Gasteiger partial charge on any atom is -0.463 e. The Morgan fingerprint density at radius 2 is 1.80 bits per heavy atom. The van der Waals surface area contributed by atoms with Crippen molar-refractivity contribution in [1.82, 2.24) is 0 Å². The molecule has 0 aliphatic rings. The third kappa shape index (κ3) is 11.2. The lowest BCUT2D eigenvalue weighted by molar-refractivity contribution is -0.137. The van der Waals surface area contributed by atoms with Crippen molar-refractivity contribution in [2.45, 2.75) is 31.7 Å². The summed E-state index contributed by atoms with van der Waals surface area (Å²) in [5, 5.41) is 0. The molecule has 0 atom stereocenters. The van der Waals surface area contributed by atoms with Crippen molar-refractivity contribution in [3.8, 4) is 0 Å². The van der Waals surface area contributed by atoms with E-state index in [2.05, 4.69) is 6.58 Å². The number of hydrogen-bond acceptors (Lipinski definition) is 5. The summed E-state index contributed by atoms with van der Waals surface area (Å²) in [5.74, 6) is -0.428. The molecule has 0 spiro atoms. The highest BCUT2D eigenvalue weighted by atomic mass is 28.4. The molecule has 0 radical (unpaired) electrons. The second-order valence-electron chi connectivity index (χ2n) is 3.31. The van der Waals surface area contributed by atoms with Gasteiger partial charge in [-0.3, -0.25) is 0 Å². The van der Waals surface area contributed by atoms with Gasteiger partial charge in [-0.1, -0.05) is 19.4 Å². The first-order chi connectivity index (χ1) is 6.95. The monoisotopic (exact) mass is 234 g/mol. The van der Waals surface area contributed by atoms with Crippen molar-refractivity contribution in [1.29, 1.82) is 0 Å². The molecule has 88 valence electrons. The minimum atomic E-state index is -3.85. The van der Waals surface area contributed by atoms with Crippen molar-refractivity contribution in [3.05, 3.63) is 12.7 Å². The Hall–Kier alpha value is -0.693. The summed E-state index contributed by atoms with van der Waals surface area (Å²) >= 11 is 0. The third-order valence-corrected chi connectivity index (χ3v) is 2.84. The lowest BCUT2D eigenvalue weighted by atomic mass is 10.2. The molecule has 0 amide bonds. The van der Waals surface area contributed by atoms with Crippen molar-refractivity contribution >= 4 is 14.8 Å². The van der Waals surface area contributed by atoms with Gasteiger partial charge in [-0.2, -0.15) is 0 Å². The molecule has 0 aromatic carbocycles. The van der Waals surface area contributed by atoms with E-state index in [1.807, 2.05) is 0 Å². The Balaban J connectivity index is 3.19. The molecule has 3 N–H and O–H groups in total. The first-order valence-corrected chi connectivity index (χ1v) is 6.97. The van der Waals surface area contributed by atoms with Crippen LogP contribution in [0.25, 0.3) is 0 Å². The number of rotatable bonds is 8. The van der Waals surface area contributed by atoms with E-state index in [-0.39, 0.29) is 6.04 Å². The average molecular weight is 234 g/mol. The number of carbonyl (C=O) groups excluding carboxylic acids is 1. The molecule has 0 saturated carbocycles. The molecule has 6 heteroatoms. The SMILES string of the molecule is C=CC(=O)OCCCCCC[Si](O)(O)O. The van der Waals surface area contributed by atoms with Gasteiger partial charge in [0, 0.05) is 12.1 Å². The molecule has 0 aliphatic heterocycles. The smallest absolute Gasteiger partial charge is 0.463 e. The maximum absolute atomic E-state index is 10.6. The van der Waals surface area contributed by atoms with Crippen LogP contribution < -0.4 is 0 Å². The first kappa shape index (κ1) is 14.3. The summed E-state index contributed by atoms with van der Waals surface area (Å²) in [6, 6.07) is 0.0689. The van der Waals surface area contributed by atoms with Crippen LogP contribution in [0.15, 0.2) is 12.7 Å². The molecule has 0 fully saturated rings. The van der Waals surface area contributed by atoms with Gasteiger partial charge in [0.25, 0.3) is 0 Å². The summed E-state index contributed by atoms with van der Waals surface area (Å²) in [6.45, 7) is 3.61. The quantitative estimate of drug-likeness (QED) is 0.241. The zero-order valence-corrected chi connectivity index (χ0v) is 9.69. The predicted octanol–water partition coefficient (Wildman–Crippen LogP) is 0.192. The van der Waals surface area contributed by atoms with Gasteiger partial charge in [-0.25, -0.2) is 4.79 Å². The first-order valence-electron chi connectivity index (χ1n) is 4.92. The fraction of sp³-hybridized carbons (Fsp3) is 0.667. The van der Waals surface area contributed by atoms with Crippen LogP contribution in [0.4, 0.5) is 0 Å². The Labute approximate surface area is 90.4 Å². The normalized spacial score (nSPS) is 11.1. The summed E-state index contributed by atoms with van der Waals surface area (Å²) in [6.07, 6.45) is 4.03. The van der Waals surface area contributed by atoms with Crippen LogP contribution >= 0.6 is 0 Å². The third-order valence-electron chi connectivity index (χ3n) is 1.82. The van der Waals surface area contributed by atoms with Gasteiger partial charge in [-0.15, -0.1) is 0 Å². The van der Waals surface area contributed by atoms with Gasteiger partial charge in [0.1, 0.15) is 0 Å². The van der Waals surface area contributed by atoms with Crippen molar-refractivity contribution < 1.29 is 23.9 Å². The van der Waals surface area contributed by atoms with E-state index in [0.717, 1.165) is 25.3 Å². The summed E-state index contributed by atoms with van der Waals surface area (Å²) in [5.41, 5.74) is 0. The standard InChI is InChI=1S/C9H18O5Si/c1-2-9(10)14-7-5-3-4-6-8-15(11,12)13/h2,11-13H,1,3-8H2. The molecule has 0 unspecified atom stereocenters. The topological polar surface area (TPSA) is 87.0 Å². The van der Waals surface area contributed by atoms with E-state index in [9.17, 15) is 4.79 Å². The number of unbranched alkanes of at least 4 members (excludes halogenated alkanes) is 3. The number of ether oxygens (including phenoxy) is 1. The van der Waals surface area contributed by atoms with E-state index in [1.54, 1.807) is 0 Å². The van der Waals surface area contributed by atoms with Gasteiger partial charge in [0.15, 0.2) is 0 Å². The number of carbonyl (C=O) groups is 1. The molecule has 0 saturated heterocycles. The maximum Gasteiger partial charge on any atom is 0.492 e. The number of esters is 1. The van der Waals surface area contributed by atoms with Crippen LogP contribution in [0.1, 0.15) is 25.7 Å². The van der Waals surface area contributed by atoms with E-state index >= 15 is 0 Å². The van der Waals surface area contributed by atoms with E-state index in [4.69, 9.17) is 19.1 Å². The second kappa shape index (κ2) is 7.58. The van der Waals surface area contributed by atoms with Crippen LogP contribution in [0.5, 0.6) is 0 Å². The van der Waals surface area contributed by atoms with Crippen LogP contribution in [-0.2, 0) is 9.53 Å². The Kier molecular flexibility index (Phi) is 7.23. The van der Waals surface area contributed by atoms with Crippen molar-refractivity contribution in [3.63, 3.8) is 0 Å². The van der Waals surface area contributed by atoms with Crippen LogP contribution in [-0.4, -0.2) is 35.8 Å². The fourth-order valence-electron chi connectivity index (χ4n) is 1.05. The Morgan fingerprint density at radius 3 is 2.33 bits per heavy atom. The fourth-order valence-corrected chi connectivity index (χ4v) is 1.77. The molecular weight excluding hydrogens is 216 g/mol. The molecule has 0 rings (SSSR count). The highest BCUT2D eigenvalue weighted by Crippen LogP contribution is 2.08. The van der Waals surface area contributed by atoms with Crippen LogP contribution in [0.2, 0.25) is 6.04 Å². The van der Waals surface area contributed by atoms with Gasteiger partial charge in [0.2, 0.25) is 0 Å². The molecule has 5 nitrogen and oxygen atoms in total. The zero-order chi connectivity index (χ0) is 11.7. The molecule has 0 aromatic rings. The largest absolute Gasteiger partial charge is 0.492 e. The zero-order valence-electron chi connectivity index (χ0n) is 8.69. The molecule has 0 aromatic heterocycles. The summed E-state index contributed by atoms with van der Waals surface area (Å²) in [7, 11) is -3.85. The maximum atomic E-state index is 10.6. The molecule has 0 heterocycles. The predicted molar refractivity (Wildman–Crippen MR) is 56.8 cm³/mol. The molecule has 0 aliphatic carbocycles. The number of hydrogen-bond donors (Lipinski definition) is 3. The highest BCUT2D eigenvalue weighted by molar-refractivity contribution is 6.56. The van der Waals surface area contributed by atoms with E-state index in [0.29, 0.717) is 13.0 Å². The van der Waals surface area contributed by atoms with E-state index in [1.165, 1.54) is 0 Å². The van der Waals surface area contributed by atoms with Crippen molar-refractivity contribution in [2.24, 2.45) is 0 Å². The second-order valence-corrected chi connectivity index (χ2v) is 5.36. The van der Waals surface area contributed by atoms with Gasteiger partial charge >= 0.3 is 14.8 Å². The molecular formula is C9H18O5Si. The summed E-state index contributed by atoms with van der Waals surface area (Å²) < 4.78 is 4.74. The lowest BCUT2D eigenvalue weighted by Gasteiger charge is -2.08. The average Bonchev–Trinajstić information content (AvgIpc) is 2.14. The highest BCUT2D eigenvalue weighted by Gasteiger charge is 2.25. The van der Waals surface area contributed by atoms with E-state index < -0.39 is 14.8 Å². The van der Waals surface area contributed by atoms with Crippen LogP contribution in [0, 0.1) is 0 Å². The minimum absolute atomic E-state index is 0.0689. The Morgan fingerprint density at radius 1 is 1.20 bits per heavy atom. The Bertz CT molecular complexity index is 199. The van der Waals surface area contributed by atoms with Crippen molar-refractivity contribution in [2.75, 3.05) is 6.61 Å². The van der Waals surface area contributed by atoms with Gasteiger partial charge in [-0.05, 0) is 12.8 Å². The molecule has 15 heavy (non-hydrogen) atoms. The van der Waals surface area contributed by atoms with Gasteiger partial charge in [0.05, 0.1) is 6.61 Å². The lowest BCUT2D eigenvalue weighted by Crippen LogP contribution is -2.33. The van der Waals surface area contributed by atoms with Gasteiger partial charge < -0.3 is 19.1 Å². The van der Waals surface area contributed by atoms with Crippen LogP contribution in [0.3, 0.4) is 0 Å². The summed E-state index contributed by atoms with van der Waals surface area (Å²) in [4.78, 5) is 36.7. The molecule has 0 bridgehead atoms.